The lowest BCUT2D eigenvalue weighted by Gasteiger charge is -2.05. The Bertz CT molecular complexity index is 486. The molecule has 3 rings (SSSR count). The first-order valence-corrected chi connectivity index (χ1v) is 6.10. The van der Waals surface area contributed by atoms with Gasteiger partial charge in [0.2, 0.25) is 0 Å². The predicted molar refractivity (Wildman–Crippen MR) is 68.4 cm³/mol. The van der Waals surface area contributed by atoms with E-state index in [2.05, 4.69) is 47.8 Å². The van der Waals surface area contributed by atoms with Gasteiger partial charge >= 0.3 is 0 Å². The van der Waals surface area contributed by atoms with Gasteiger partial charge in [-0.05, 0) is 47.7 Å². The molecule has 1 heteroatoms. The summed E-state index contributed by atoms with van der Waals surface area (Å²) in [4.78, 5) is 0. The molecular formula is C15H17N. The molecule has 0 saturated heterocycles. The monoisotopic (exact) mass is 211 g/mol. The van der Waals surface area contributed by atoms with Crippen LogP contribution in [-0.2, 0) is 6.54 Å². The van der Waals surface area contributed by atoms with Gasteiger partial charge in [0, 0.05) is 6.54 Å². The largest absolute Gasteiger partial charge is 0.312 e. The van der Waals surface area contributed by atoms with Crippen molar-refractivity contribution in [2.45, 2.75) is 19.4 Å². The second-order valence-corrected chi connectivity index (χ2v) is 4.76. The van der Waals surface area contributed by atoms with Gasteiger partial charge in [-0.1, -0.05) is 36.4 Å². The highest BCUT2D eigenvalue weighted by Crippen LogP contribution is 2.27. The summed E-state index contributed by atoms with van der Waals surface area (Å²) in [6, 6.07) is 15.3. The minimum absolute atomic E-state index is 0.959. The molecule has 0 amide bonds. The highest BCUT2D eigenvalue weighted by atomic mass is 14.9. The van der Waals surface area contributed by atoms with E-state index in [1.54, 1.807) is 0 Å². The second kappa shape index (κ2) is 4.26. The molecular weight excluding hydrogens is 194 g/mol. The molecule has 0 bridgehead atoms. The molecule has 1 N–H and O–H groups in total. The summed E-state index contributed by atoms with van der Waals surface area (Å²) in [5.74, 6) is 0.959. The first-order valence-electron chi connectivity index (χ1n) is 6.10. The SMILES string of the molecule is c1ccc2cc(CNCC3CC3)ccc2c1. The van der Waals surface area contributed by atoms with Crippen molar-refractivity contribution in [2.75, 3.05) is 6.54 Å². The molecule has 1 aliphatic carbocycles. The summed E-state index contributed by atoms with van der Waals surface area (Å²) in [7, 11) is 0. The fourth-order valence-corrected chi connectivity index (χ4v) is 2.09. The molecule has 0 heterocycles. The van der Waals surface area contributed by atoms with Gasteiger partial charge in [0.05, 0.1) is 0 Å². The van der Waals surface area contributed by atoms with E-state index in [1.807, 2.05) is 0 Å². The maximum absolute atomic E-state index is 3.53. The van der Waals surface area contributed by atoms with Crippen LogP contribution in [0.2, 0.25) is 0 Å². The molecule has 1 aliphatic rings. The van der Waals surface area contributed by atoms with Gasteiger partial charge in [-0.2, -0.15) is 0 Å². The number of rotatable bonds is 4. The van der Waals surface area contributed by atoms with Crippen LogP contribution in [0.15, 0.2) is 42.5 Å². The van der Waals surface area contributed by atoms with Crippen molar-refractivity contribution in [2.24, 2.45) is 5.92 Å². The average Bonchev–Trinajstić information content (AvgIpc) is 3.13. The van der Waals surface area contributed by atoms with Crippen molar-refractivity contribution in [3.63, 3.8) is 0 Å². The molecule has 0 aromatic heterocycles. The highest BCUT2D eigenvalue weighted by molar-refractivity contribution is 5.82. The van der Waals surface area contributed by atoms with Crippen molar-refractivity contribution in [3.05, 3.63) is 48.0 Å². The molecule has 1 nitrogen and oxygen atoms in total. The van der Waals surface area contributed by atoms with E-state index in [0.29, 0.717) is 0 Å². The van der Waals surface area contributed by atoms with E-state index in [9.17, 15) is 0 Å². The lowest BCUT2D eigenvalue weighted by atomic mass is 10.1. The Morgan fingerprint density at radius 1 is 1.00 bits per heavy atom. The van der Waals surface area contributed by atoms with Gasteiger partial charge in [-0.3, -0.25) is 0 Å². The fraction of sp³-hybridized carbons (Fsp3) is 0.333. The quantitative estimate of drug-likeness (QED) is 0.818. The van der Waals surface area contributed by atoms with Crippen LogP contribution in [0.25, 0.3) is 10.8 Å². The lowest BCUT2D eigenvalue weighted by Crippen LogP contribution is -2.15. The van der Waals surface area contributed by atoms with Crippen molar-refractivity contribution in [3.8, 4) is 0 Å². The number of nitrogens with one attached hydrogen (secondary N) is 1. The van der Waals surface area contributed by atoms with Crippen LogP contribution in [0.5, 0.6) is 0 Å². The summed E-state index contributed by atoms with van der Waals surface area (Å²) in [5, 5.41) is 6.20. The second-order valence-electron chi connectivity index (χ2n) is 4.76. The number of hydrogen-bond acceptors (Lipinski definition) is 1. The van der Waals surface area contributed by atoms with Gasteiger partial charge in [0.15, 0.2) is 0 Å². The smallest absolute Gasteiger partial charge is 0.0205 e. The van der Waals surface area contributed by atoms with Gasteiger partial charge in [-0.15, -0.1) is 0 Å². The molecule has 0 radical (unpaired) electrons. The minimum atomic E-state index is 0.959. The molecule has 0 unspecified atom stereocenters. The molecule has 0 atom stereocenters. The zero-order valence-corrected chi connectivity index (χ0v) is 9.45. The zero-order valence-electron chi connectivity index (χ0n) is 9.45. The Morgan fingerprint density at radius 3 is 2.62 bits per heavy atom. The summed E-state index contributed by atoms with van der Waals surface area (Å²) < 4.78 is 0. The van der Waals surface area contributed by atoms with Crippen LogP contribution in [0.1, 0.15) is 18.4 Å². The Balaban J connectivity index is 1.71. The third-order valence-electron chi connectivity index (χ3n) is 3.27. The first kappa shape index (κ1) is 9.86. The van der Waals surface area contributed by atoms with Crippen LogP contribution >= 0.6 is 0 Å². The Labute approximate surface area is 96.5 Å². The minimum Gasteiger partial charge on any atom is -0.312 e. The van der Waals surface area contributed by atoms with Gasteiger partial charge in [0.1, 0.15) is 0 Å². The van der Waals surface area contributed by atoms with Crippen LogP contribution in [0, 0.1) is 5.92 Å². The predicted octanol–water partition coefficient (Wildman–Crippen LogP) is 3.34. The van der Waals surface area contributed by atoms with E-state index in [4.69, 9.17) is 0 Å². The Morgan fingerprint density at radius 2 is 1.81 bits per heavy atom. The maximum Gasteiger partial charge on any atom is 0.0205 e. The first-order chi connectivity index (χ1) is 7.92. The molecule has 0 spiro atoms. The van der Waals surface area contributed by atoms with Crippen LogP contribution in [0.3, 0.4) is 0 Å². The van der Waals surface area contributed by atoms with Gasteiger partial charge < -0.3 is 5.32 Å². The molecule has 2 aromatic rings. The normalized spacial score (nSPS) is 15.5. The summed E-state index contributed by atoms with van der Waals surface area (Å²) in [6.07, 6.45) is 2.84. The molecule has 2 aromatic carbocycles. The maximum atomic E-state index is 3.53. The lowest BCUT2D eigenvalue weighted by molar-refractivity contribution is 0.639. The molecule has 1 fully saturated rings. The molecule has 82 valence electrons. The average molecular weight is 211 g/mol. The summed E-state index contributed by atoms with van der Waals surface area (Å²) in [6.45, 7) is 2.19. The van der Waals surface area contributed by atoms with E-state index in [1.165, 1.54) is 35.7 Å². The Kier molecular flexibility index (Phi) is 2.63. The number of fused-ring (bicyclic) bond motifs is 1. The third-order valence-corrected chi connectivity index (χ3v) is 3.27. The summed E-state index contributed by atoms with van der Waals surface area (Å²) in [5.41, 5.74) is 1.39. The number of hydrogen-bond donors (Lipinski definition) is 1. The topological polar surface area (TPSA) is 12.0 Å². The zero-order chi connectivity index (χ0) is 10.8. The standard InChI is InChI=1S/C15H17N/c1-2-4-15-9-13(7-8-14(15)3-1)11-16-10-12-5-6-12/h1-4,7-9,12,16H,5-6,10-11H2. The van der Waals surface area contributed by atoms with Crippen molar-refractivity contribution < 1.29 is 0 Å². The highest BCUT2D eigenvalue weighted by Gasteiger charge is 2.19. The molecule has 0 aliphatic heterocycles. The fourth-order valence-electron chi connectivity index (χ4n) is 2.09. The van der Waals surface area contributed by atoms with E-state index in [-0.39, 0.29) is 0 Å². The van der Waals surface area contributed by atoms with E-state index >= 15 is 0 Å². The third kappa shape index (κ3) is 2.25. The molecule has 16 heavy (non-hydrogen) atoms. The number of benzene rings is 2. The van der Waals surface area contributed by atoms with Crippen LogP contribution in [0.4, 0.5) is 0 Å². The van der Waals surface area contributed by atoms with Gasteiger partial charge in [0.25, 0.3) is 0 Å². The summed E-state index contributed by atoms with van der Waals surface area (Å²) >= 11 is 0. The molecule has 1 saturated carbocycles. The van der Waals surface area contributed by atoms with Crippen LogP contribution in [-0.4, -0.2) is 6.54 Å². The van der Waals surface area contributed by atoms with Crippen molar-refractivity contribution >= 4 is 10.8 Å². The van der Waals surface area contributed by atoms with Crippen molar-refractivity contribution in [1.29, 1.82) is 0 Å². The van der Waals surface area contributed by atoms with Gasteiger partial charge in [-0.25, -0.2) is 0 Å². The van der Waals surface area contributed by atoms with Crippen LogP contribution < -0.4 is 5.32 Å². The Hall–Kier alpha value is -1.34. The van der Waals surface area contributed by atoms with E-state index < -0.39 is 0 Å². The van der Waals surface area contributed by atoms with Crippen molar-refractivity contribution in [1.82, 2.24) is 5.32 Å². The van der Waals surface area contributed by atoms with E-state index in [0.717, 1.165) is 12.5 Å².